The maximum atomic E-state index is 12.2. The molecule has 3 amide bonds. The van der Waals surface area contributed by atoms with Gasteiger partial charge in [-0.2, -0.15) is 0 Å². The van der Waals surface area contributed by atoms with Crippen LogP contribution in [-0.4, -0.2) is 30.0 Å². The van der Waals surface area contributed by atoms with Crippen molar-refractivity contribution in [3.8, 4) is 11.3 Å². The van der Waals surface area contributed by atoms with E-state index < -0.39 is 0 Å². The van der Waals surface area contributed by atoms with Crippen LogP contribution in [0.4, 0.5) is 16.2 Å². The highest BCUT2D eigenvalue weighted by atomic mass is 16.4. The largest absolute Gasteiger partial charge is 0.441 e. The van der Waals surface area contributed by atoms with Crippen LogP contribution in [0.25, 0.3) is 11.3 Å². The second-order valence-corrected chi connectivity index (χ2v) is 6.46. The standard InChI is InChI=1S/C21H20N4O3/c26-19(10-11-20-23-14-18(28-20)15-4-2-1-3-5-15)24-16-6-8-17(9-7-16)25-13-12-22-21(25)27/h1-9,14H,10-13H2,(H,22,27)(H,24,26). The molecule has 0 radical (unpaired) electrons. The van der Waals surface area contributed by atoms with Gasteiger partial charge in [0.05, 0.1) is 6.20 Å². The molecule has 28 heavy (non-hydrogen) atoms. The van der Waals surface area contributed by atoms with Gasteiger partial charge in [-0.1, -0.05) is 30.3 Å². The number of hydrogen-bond acceptors (Lipinski definition) is 4. The molecule has 7 heteroatoms. The average Bonchev–Trinajstić information content (AvgIpc) is 3.37. The van der Waals surface area contributed by atoms with Gasteiger partial charge in [0.2, 0.25) is 5.91 Å². The fourth-order valence-electron chi connectivity index (χ4n) is 3.05. The number of rotatable bonds is 6. The zero-order valence-electron chi connectivity index (χ0n) is 15.2. The highest BCUT2D eigenvalue weighted by Crippen LogP contribution is 2.21. The zero-order chi connectivity index (χ0) is 19.3. The summed E-state index contributed by atoms with van der Waals surface area (Å²) in [5, 5.41) is 5.61. The van der Waals surface area contributed by atoms with Crippen LogP contribution in [0, 0.1) is 0 Å². The van der Waals surface area contributed by atoms with Crippen LogP contribution >= 0.6 is 0 Å². The monoisotopic (exact) mass is 376 g/mol. The number of benzene rings is 2. The molecule has 0 bridgehead atoms. The van der Waals surface area contributed by atoms with Crippen molar-refractivity contribution in [2.45, 2.75) is 12.8 Å². The van der Waals surface area contributed by atoms with Gasteiger partial charge in [0.15, 0.2) is 11.7 Å². The topological polar surface area (TPSA) is 87.5 Å². The molecule has 1 fully saturated rings. The molecular formula is C21H20N4O3. The van der Waals surface area contributed by atoms with Gasteiger partial charge in [-0.25, -0.2) is 9.78 Å². The second-order valence-electron chi connectivity index (χ2n) is 6.46. The fraction of sp³-hybridized carbons (Fsp3) is 0.190. The molecule has 7 nitrogen and oxygen atoms in total. The molecule has 1 saturated heterocycles. The maximum Gasteiger partial charge on any atom is 0.321 e. The molecule has 0 unspecified atom stereocenters. The average molecular weight is 376 g/mol. The number of carbonyl (C=O) groups is 2. The third-order valence-electron chi connectivity index (χ3n) is 4.50. The Bertz CT molecular complexity index is 967. The van der Waals surface area contributed by atoms with E-state index >= 15 is 0 Å². The van der Waals surface area contributed by atoms with Crippen molar-refractivity contribution in [2.75, 3.05) is 23.3 Å². The Labute approximate surface area is 162 Å². The molecule has 2 heterocycles. The summed E-state index contributed by atoms with van der Waals surface area (Å²) in [6.07, 6.45) is 2.37. The van der Waals surface area contributed by atoms with Crippen LogP contribution in [0.2, 0.25) is 0 Å². The predicted octanol–water partition coefficient (Wildman–Crippen LogP) is 3.44. The van der Waals surface area contributed by atoms with Gasteiger partial charge in [-0.15, -0.1) is 0 Å². The number of aromatic nitrogens is 1. The van der Waals surface area contributed by atoms with Crippen LogP contribution in [0.3, 0.4) is 0 Å². The van der Waals surface area contributed by atoms with Crippen LogP contribution in [0.1, 0.15) is 12.3 Å². The molecule has 0 spiro atoms. The molecule has 142 valence electrons. The van der Waals surface area contributed by atoms with E-state index in [2.05, 4.69) is 15.6 Å². The first-order chi connectivity index (χ1) is 13.7. The number of aryl methyl sites for hydroxylation is 1. The zero-order valence-corrected chi connectivity index (χ0v) is 15.2. The fourth-order valence-corrected chi connectivity index (χ4v) is 3.05. The molecular weight excluding hydrogens is 356 g/mol. The van der Waals surface area contributed by atoms with E-state index in [1.807, 2.05) is 42.5 Å². The lowest BCUT2D eigenvalue weighted by molar-refractivity contribution is -0.116. The van der Waals surface area contributed by atoms with Gasteiger partial charge in [-0.3, -0.25) is 9.69 Å². The number of hydrogen-bond donors (Lipinski definition) is 2. The van der Waals surface area contributed by atoms with Crippen LogP contribution in [0.5, 0.6) is 0 Å². The Morgan fingerprint density at radius 2 is 1.93 bits per heavy atom. The van der Waals surface area contributed by atoms with Crippen molar-refractivity contribution in [1.29, 1.82) is 0 Å². The van der Waals surface area contributed by atoms with E-state index in [0.29, 0.717) is 36.8 Å². The lowest BCUT2D eigenvalue weighted by Gasteiger charge is -2.14. The summed E-state index contributed by atoms with van der Waals surface area (Å²) in [5.41, 5.74) is 2.45. The molecule has 1 aliphatic heterocycles. The van der Waals surface area contributed by atoms with Crippen molar-refractivity contribution >= 4 is 23.3 Å². The third kappa shape index (κ3) is 4.03. The first-order valence-electron chi connectivity index (χ1n) is 9.14. The predicted molar refractivity (Wildman–Crippen MR) is 106 cm³/mol. The summed E-state index contributed by atoms with van der Waals surface area (Å²) in [6, 6.07) is 16.8. The molecule has 0 saturated carbocycles. The minimum absolute atomic E-state index is 0.0994. The van der Waals surface area contributed by atoms with Crippen LogP contribution in [0.15, 0.2) is 65.2 Å². The summed E-state index contributed by atoms with van der Waals surface area (Å²) >= 11 is 0. The normalized spacial score (nSPS) is 13.4. The lowest BCUT2D eigenvalue weighted by Crippen LogP contribution is -2.27. The molecule has 0 aliphatic carbocycles. The number of anilines is 2. The van der Waals surface area contributed by atoms with Crippen molar-refractivity contribution in [2.24, 2.45) is 0 Å². The van der Waals surface area contributed by atoms with E-state index in [-0.39, 0.29) is 18.4 Å². The third-order valence-corrected chi connectivity index (χ3v) is 4.50. The molecule has 0 atom stereocenters. The summed E-state index contributed by atoms with van der Waals surface area (Å²) in [4.78, 5) is 29.8. The van der Waals surface area contributed by atoms with Gasteiger partial charge in [0.1, 0.15) is 0 Å². The molecule has 2 N–H and O–H groups in total. The molecule has 1 aromatic heterocycles. The van der Waals surface area contributed by atoms with Crippen molar-refractivity contribution in [3.63, 3.8) is 0 Å². The highest BCUT2D eigenvalue weighted by Gasteiger charge is 2.20. The quantitative estimate of drug-likeness (QED) is 0.690. The Balaban J connectivity index is 1.30. The number of amides is 3. The summed E-state index contributed by atoms with van der Waals surface area (Å²) in [6.45, 7) is 1.29. The molecule has 2 aromatic carbocycles. The number of oxazole rings is 1. The smallest absolute Gasteiger partial charge is 0.321 e. The SMILES string of the molecule is O=C(CCc1ncc(-c2ccccc2)o1)Nc1ccc(N2CCNC2=O)cc1. The molecule has 1 aliphatic rings. The Morgan fingerprint density at radius 1 is 1.14 bits per heavy atom. The second kappa shape index (κ2) is 7.96. The summed E-state index contributed by atoms with van der Waals surface area (Å²) in [5.74, 6) is 1.10. The van der Waals surface area contributed by atoms with Crippen molar-refractivity contribution < 1.29 is 14.0 Å². The number of urea groups is 1. The van der Waals surface area contributed by atoms with Crippen molar-refractivity contribution in [1.82, 2.24) is 10.3 Å². The van der Waals surface area contributed by atoms with Gasteiger partial charge in [0.25, 0.3) is 0 Å². The van der Waals surface area contributed by atoms with Crippen LogP contribution < -0.4 is 15.5 Å². The van der Waals surface area contributed by atoms with E-state index in [4.69, 9.17) is 4.42 Å². The van der Waals surface area contributed by atoms with Gasteiger partial charge < -0.3 is 15.1 Å². The highest BCUT2D eigenvalue weighted by molar-refractivity contribution is 5.95. The minimum atomic E-state index is -0.119. The molecule has 3 aromatic rings. The van der Waals surface area contributed by atoms with Gasteiger partial charge in [-0.05, 0) is 24.3 Å². The Kier molecular flexibility index (Phi) is 5.05. The van der Waals surface area contributed by atoms with E-state index in [0.717, 1.165) is 11.3 Å². The number of nitrogens with zero attached hydrogens (tertiary/aromatic N) is 2. The van der Waals surface area contributed by atoms with E-state index in [1.54, 1.807) is 23.2 Å². The maximum absolute atomic E-state index is 12.2. The first-order valence-corrected chi connectivity index (χ1v) is 9.14. The Morgan fingerprint density at radius 3 is 2.64 bits per heavy atom. The first kappa shape index (κ1) is 17.8. The summed E-state index contributed by atoms with van der Waals surface area (Å²) in [7, 11) is 0. The van der Waals surface area contributed by atoms with E-state index in [1.165, 1.54) is 0 Å². The minimum Gasteiger partial charge on any atom is -0.441 e. The Hall–Kier alpha value is -3.61. The van der Waals surface area contributed by atoms with Crippen LogP contribution in [-0.2, 0) is 11.2 Å². The lowest BCUT2D eigenvalue weighted by atomic mass is 10.2. The molecule has 4 rings (SSSR count). The number of carbonyl (C=O) groups excluding carboxylic acids is 2. The van der Waals surface area contributed by atoms with Gasteiger partial charge >= 0.3 is 6.03 Å². The van der Waals surface area contributed by atoms with Gasteiger partial charge in [0, 0.05) is 42.9 Å². The van der Waals surface area contributed by atoms with E-state index in [9.17, 15) is 9.59 Å². The number of nitrogens with one attached hydrogen (secondary N) is 2. The van der Waals surface area contributed by atoms with Crippen molar-refractivity contribution in [3.05, 3.63) is 66.7 Å². The summed E-state index contributed by atoms with van der Waals surface area (Å²) < 4.78 is 5.72.